The molecule has 138 valence electrons. The first-order valence-electron chi connectivity index (χ1n) is 8.71. The van der Waals surface area contributed by atoms with E-state index in [1.54, 1.807) is 30.3 Å². The van der Waals surface area contributed by atoms with Gasteiger partial charge in [0.05, 0.1) is 5.69 Å². The minimum atomic E-state index is -0.320. The number of carbonyl (C=O) groups excluding carboxylic acids is 1. The number of rotatable bonds is 6. The SMILES string of the molecule is Cc1ccc(-c2ccc(=O)n(CC(=O)NCCc3ccc(O)cc3)n2)cc1. The number of carbonyl (C=O) groups is 1. The number of hydrogen-bond donors (Lipinski definition) is 2. The fraction of sp³-hybridized carbons (Fsp3) is 0.190. The number of hydrogen-bond acceptors (Lipinski definition) is 4. The summed E-state index contributed by atoms with van der Waals surface area (Å²) < 4.78 is 1.17. The molecule has 0 aliphatic rings. The predicted molar refractivity (Wildman–Crippen MR) is 103 cm³/mol. The highest BCUT2D eigenvalue weighted by Crippen LogP contribution is 2.15. The summed E-state index contributed by atoms with van der Waals surface area (Å²) in [5.41, 5.74) is 3.36. The largest absolute Gasteiger partial charge is 0.508 e. The Bertz CT molecular complexity index is 977. The quantitative estimate of drug-likeness (QED) is 0.704. The summed E-state index contributed by atoms with van der Waals surface area (Å²) in [6, 6.07) is 17.7. The zero-order valence-corrected chi connectivity index (χ0v) is 15.1. The summed E-state index contributed by atoms with van der Waals surface area (Å²) in [6.45, 7) is 2.31. The number of phenols is 1. The summed E-state index contributed by atoms with van der Waals surface area (Å²) in [7, 11) is 0. The van der Waals surface area contributed by atoms with E-state index in [1.165, 1.54) is 10.7 Å². The Hall–Kier alpha value is -3.41. The molecule has 6 heteroatoms. The van der Waals surface area contributed by atoms with Crippen LogP contribution in [0.2, 0.25) is 0 Å². The van der Waals surface area contributed by atoms with E-state index in [0.29, 0.717) is 18.7 Å². The minimum Gasteiger partial charge on any atom is -0.508 e. The number of aromatic hydroxyl groups is 1. The zero-order chi connectivity index (χ0) is 19.2. The molecule has 1 aromatic heterocycles. The molecular weight excluding hydrogens is 342 g/mol. The predicted octanol–water partition coefficient (Wildman–Crippen LogP) is 2.28. The van der Waals surface area contributed by atoms with Crippen LogP contribution in [0.4, 0.5) is 0 Å². The first-order chi connectivity index (χ1) is 13.0. The van der Waals surface area contributed by atoms with E-state index in [2.05, 4.69) is 10.4 Å². The van der Waals surface area contributed by atoms with Gasteiger partial charge in [0.15, 0.2) is 0 Å². The maximum Gasteiger partial charge on any atom is 0.267 e. The average molecular weight is 363 g/mol. The van der Waals surface area contributed by atoms with Crippen molar-refractivity contribution in [2.75, 3.05) is 6.54 Å². The molecule has 0 atom stereocenters. The maximum atomic E-state index is 12.2. The molecule has 6 nitrogen and oxygen atoms in total. The van der Waals surface area contributed by atoms with Crippen molar-refractivity contribution in [3.05, 3.63) is 82.1 Å². The van der Waals surface area contributed by atoms with Gasteiger partial charge >= 0.3 is 0 Å². The second-order valence-corrected chi connectivity index (χ2v) is 6.35. The van der Waals surface area contributed by atoms with Crippen molar-refractivity contribution in [1.82, 2.24) is 15.1 Å². The molecule has 0 aliphatic heterocycles. The van der Waals surface area contributed by atoms with E-state index in [9.17, 15) is 14.7 Å². The van der Waals surface area contributed by atoms with Gasteiger partial charge in [0.25, 0.3) is 5.56 Å². The van der Waals surface area contributed by atoms with Gasteiger partial charge in [-0.25, -0.2) is 4.68 Å². The van der Waals surface area contributed by atoms with Crippen LogP contribution in [-0.4, -0.2) is 27.3 Å². The molecule has 2 aromatic carbocycles. The Morgan fingerprint density at radius 3 is 2.44 bits per heavy atom. The Kier molecular flexibility index (Phi) is 5.66. The van der Waals surface area contributed by atoms with Gasteiger partial charge in [-0.05, 0) is 37.1 Å². The van der Waals surface area contributed by atoms with Crippen LogP contribution in [0.15, 0.2) is 65.5 Å². The zero-order valence-electron chi connectivity index (χ0n) is 15.1. The van der Waals surface area contributed by atoms with Crippen LogP contribution in [0, 0.1) is 6.92 Å². The summed E-state index contributed by atoms with van der Waals surface area (Å²) in [5.74, 6) is -0.0638. The van der Waals surface area contributed by atoms with Crippen molar-refractivity contribution in [2.24, 2.45) is 0 Å². The van der Waals surface area contributed by atoms with Gasteiger partial charge in [-0.3, -0.25) is 9.59 Å². The van der Waals surface area contributed by atoms with Gasteiger partial charge in [-0.1, -0.05) is 42.0 Å². The number of amides is 1. The topological polar surface area (TPSA) is 84.2 Å². The van der Waals surface area contributed by atoms with Crippen molar-refractivity contribution in [3.63, 3.8) is 0 Å². The van der Waals surface area contributed by atoms with Gasteiger partial charge in [-0.2, -0.15) is 5.10 Å². The van der Waals surface area contributed by atoms with Gasteiger partial charge in [0.2, 0.25) is 5.91 Å². The van der Waals surface area contributed by atoms with E-state index in [-0.39, 0.29) is 23.8 Å². The lowest BCUT2D eigenvalue weighted by Gasteiger charge is -2.09. The standard InChI is InChI=1S/C21H21N3O3/c1-15-2-6-17(7-3-15)19-10-11-21(27)24(23-19)14-20(26)22-13-12-16-4-8-18(25)9-5-16/h2-11,25H,12-14H2,1H3,(H,22,26). The van der Waals surface area contributed by atoms with Crippen molar-refractivity contribution in [2.45, 2.75) is 19.9 Å². The van der Waals surface area contributed by atoms with Gasteiger partial charge in [-0.15, -0.1) is 0 Å². The van der Waals surface area contributed by atoms with Crippen LogP contribution < -0.4 is 10.9 Å². The smallest absolute Gasteiger partial charge is 0.267 e. The van der Waals surface area contributed by atoms with Gasteiger partial charge in [0, 0.05) is 18.2 Å². The van der Waals surface area contributed by atoms with E-state index in [1.807, 2.05) is 31.2 Å². The van der Waals surface area contributed by atoms with E-state index in [0.717, 1.165) is 16.7 Å². The number of benzene rings is 2. The van der Waals surface area contributed by atoms with Gasteiger partial charge in [0.1, 0.15) is 12.3 Å². The monoisotopic (exact) mass is 363 g/mol. The van der Waals surface area contributed by atoms with Crippen LogP contribution in [0.5, 0.6) is 5.75 Å². The third kappa shape index (κ3) is 5.04. The molecule has 0 aliphatic carbocycles. The van der Waals surface area contributed by atoms with Crippen LogP contribution in [0.25, 0.3) is 11.3 Å². The summed E-state index contributed by atoms with van der Waals surface area (Å²) in [6.07, 6.45) is 0.637. The van der Waals surface area contributed by atoms with Crippen LogP contribution in [0.3, 0.4) is 0 Å². The lowest BCUT2D eigenvalue weighted by atomic mass is 10.1. The number of aryl methyl sites for hydroxylation is 1. The lowest BCUT2D eigenvalue weighted by Crippen LogP contribution is -2.34. The lowest BCUT2D eigenvalue weighted by molar-refractivity contribution is -0.121. The van der Waals surface area contributed by atoms with Gasteiger partial charge < -0.3 is 10.4 Å². The van der Waals surface area contributed by atoms with E-state index in [4.69, 9.17) is 0 Å². The van der Waals surface area contributed by atoms with E-state index < -0.39 is 0 Å². The highest BCUT2D eigenvalue weighted by atomic mass is 16.3. The second-order valence-electron chi connectivity index (χ2n) is 6.35. The van der Waals surface area contributed by atoms with Crippen LogP contribution in [-0.2, 0) is 17.8 Å². The van der Waals surface area contributed by atoms with Crippen LogP contribution >= 0.6 is 0 Å². The number of nitrogens with zero attached hydrogens (tertiary/aromatic N) is 2. The Morgan fingerprint density at radius 2 is 1.74 bits per heavy atom. The molecule has 0 spiro atoms. The first kappa shape index (κ1) is 18.4. The second kappa shape index (κ2) is 8.31. The number of phenolic OH excluding ortho intramolecular Hbond substituents is 1. The molecule has 3 rings (SSSR count). The molecule has 0 unspecified atom stereocenters. The number of aromatic nitrogens is 2. The Morgan fingerprint density at radius 1 is 1.04 bits per heavy atom. The molecule has 3 aromatic rings. The molecule has 27 heavy (non-hydrogen) atoms. The highest BCUT2D eigenvalue weighted by Gasteiger charge is 2.08. The minimum absolute atomic E-state index is 0.131. The highest BCUT2D eigenvalue weighted by molar-refractivity contribution is 5.75. The van der Waals surface area contributed by atoms with Crippen molar-refractivity contribution in [1.29, 1.82) is 0 Å². The van der Waals surface area contributed by atoms with Crippen molar-refractivity contribution < 1.29 is 9.90 Å². The Balaban J connectivity index is 1.61. The average Bonchev–Trinajstić information content (AvgIpc) is 2.66. The first-order valence-corrected chi connectivity index (χ1v) is 8.71. The summed E-state index contributed by atoms with van der Waals surface area (Å²) in [5, 5.41) is 16.4. The fourth-order valence-electron chi connectivity index (χ4n) is 2.64. The molecule has 0 radical (unpaired) electrons. The molecule has 1 heterocycles. The fourth-order valence-corrected chi connectivity index (χ4v) is 2.64. The van der Waals surface area contributed by atoms with Crippen molar-refractivity contribution in [3.8, 4) is 17.0 Å². The molecule has 0 bridgehead atoms. The third-order valence-corrected chi connectivity index (χ3v) is 4.18. The molecule has 0 saturated carbocycles. The maximum absolute atomic E-state index is 12.2. The van der Waals surface area contributed by atoms with E-state index >= 15 is 0 Å². The molecule has 0 saturated heterocycles. The molecule has 1 amide bonds. The molecule has 0 fully saturated rings. The molecular formula is C21H21N3O3. The Labute approximate surface area is 157 Å². The van der Waals surface area contributed by atoms with Crippen molar-refractivity contribution >= 4 is 5.91 Å². The summed E-state index contributed by atoms with van der Waals surface area (Å²) >= 11 is 0. The molecule has 2 N–H and O–H groups in total. The normalized spacial score (nSPS) is 10.6. The third-order valence-electron chi connectivity index (χ3n) is 4.18. The van der Waals surface area contributed by atoms with Crippen LogP contribution in [0.1, 0.15) is 11.1 Å². The number of nitrogens with one attached hydrogen (secondary N) is 1. The summed E-state index contributed by atoms with van der Waals surface area (Å²) in [4.78, 5) is 24.2.